The zero-order chi connectivity index (χ0) is 23.3. The molecule has 32 heavy (non-hydrogen) atoms. The van der Waals surface area contributed by atoms with E-state index in [1.165, 1.54) is 30.3 Å². The molecule has 1 amide bonds. The van der Waals surface area contributed by atoms with Crippen molar-refractivity contribution in [3.05, 3.63) is 93.4 Å². The fourth-order valence-electron chi connectivity index (χ4n) is 2.79. The van der Waals surface area contributed by atoms with E-state index in [2.05, 4.69) is 10.5 Å². The first-order chi connectivity index (χ1) is 15.2. The van der Waals surface area contributed by atoms with Gasteiger partial charge in [-0.05, 0) is 55.0 Å². The smallest absolute Gasteiger partial charge is 0.264 e. The van der Waals surface area contributed by atoms with E-state index < -0.39 is 22.5 Å². The third-order valence-corrected chi connectivity index (χ3v) is 6.84. The van der Waals surface area contributed by atoms with Crippen LogP contribution in [0.5, 0.6) is 0 Å². The molecule has 0 aromatic heterocycles. The zero-order valence-electron chi connectivity index (χ0n) is 16.8. The van der Waals surface area contributed by atoms with Gasteiger partial charge in [-0.25, -0.2) is 13.8 Å². The maximum absolute atomic E-state index is 13.3. The van der Waals surface area contributed by atoms with E-state index in [1.807, 2.05) is 0 Å². The lowest BCUT2D eigenvalue weighted by molar-refractivity contribution is -0.119. The average molecular weight is 511 g/mol. The second-order valence-electron chi connectivity index (χ2n) is 6.69. The number of hydrogen-bond donors (Lipinski definition) is 1. The topological polar surface area (TPSA) is 78.8 Å². The molecule has 6 nitrogen and oxygen atoms in total. The van der Waals surface area contributed by atoms with Crippen LogP contribution in [0.3, 0.4) is 0 Å². The van der Waals surface area contributed by atoms with Crippen LogP contribution in [0.15, 0.2) is 82.8 Å². The summed E-state index contributed by atoms with van der Waals surface area (Å²) in [5, 5.41) is 5.11. The molecule has 0 saturated carbocycles. The number of amides is 1. The van der Waals surface area contributed by atoms with Gasteiger partial charge in [0, 0.05) is 15.1 Å². The van der Waals surface area contributed by atoms with Crippen LogP contribution in [-0.2, 0) is 14.8 Å². The lowest BCUT2D eigenvalue weighted by Gasteiger charge is -2.24. The van der Waals surface area contributed by atoms with E-state index in [-0.39, 0.29) is 20.6 Å². The summed E-state index contributed by atoms with van der Waals surface area (Å²) in [6.45, 7) is 1.17. The summed E-state index contributed by atoms with van der Waals surface area (Å²) in [5.74, 6) is -0.645. The molecule has 0 heterocycles. The predicted octanol–water partition coefficient (Wildman–Crippen LogP) is 5.38. The maximum Gasteiger partial charge on any atom is 0.264 e. The van der Waals surface area contributed by atoms with Crippen molar-refractivity contribution in [2.75, 3.05) is 10.8 Å². The van der Waals surface area contributed by atoms with Gasteiger partial charge in [0.2, 0.25) is 0 Å². The van der Waals surface area contributed by atoms with Gasteiger partial charge in [-0.1, -0.05) is 65.1 Å². The van der Waals surface area contributed by atoms with Crippen LogP contribution in [0, 0.1) is 0 Å². The Kier molecular flexibility index (Phi) is 7.79. The molecule has 3 aromatic rings. The molecule has 0 atom stereocenters. The molecule has 0 radical (unpaired) electrons. The summed E-state index contributed by atoms with van der Waals surface area (Å²) >= 11 is 18.0. The minimum absolute atomic E-state index is 0.0183. The quantitative estimate of drug-likeness (QED) is 0.342. The molecule has 10 heteroatoms. The van der Waals surface area contributed by atoms with Gasteiger partial charge < -0.3 is 0 Å². The van der Waals surface area contributed by atoms with Crippen molar-refractivity contribution in [3.8, 4) is 0 Å². The number of carbonyl (C=O) groups excluding carboxylic acids is 1. The first-order valence-corrected chi connectivity index (χ1v) is 11.9. The molecule has 0 aliphatic carbocycles. The minimum atomic E-state index is -4.09. The molecule has 0 saturated heterocycles. The van der Waals surface area contributed by atoms with E-state index in [4.69, 9.17) is 34.8 Å². The highest BCUT2D eigenvalue weighted by molar-refractivity contribution is 7.92. The van der Waals surface area contributed by atoms with Gasteiger partial charge in [0.1, 0.15) is 6.54 Å². The van der Waals surface area contributed by atoms with Crippen molar-refractivity contribution >= 4 is 62.1 Å². The fourth-order valence-corrected chi connectivity index (χ4v) is 4.85. The molecule has 0 bridgehead atoms. The fraction of sp³-hybridized carbons (Fsp3) is 0.0909. The van der Waals surface area contributed by atoms with Crippen LogP contribution in [0.25, 0.3) is 0 Å². The Hall–Kier alpha value is -2.58. The van der Waals surface area contributed by atoms with Crippen LogP contribution in [0.4, 0.5) is 5.69 Å². The Morgan fingerprint density at radius 3 is 2.09 bits per heavy atom. The Morgan fingerprint density at radius 1 is 0.906 bits per heavy atom. The largest absolute Gasteiger partial charge is 0.271 e. The first kappa shape index (κ1) is 24.1. The highest BCUT2D eigenvalue weighted by atomic mass is 35.5. The van der Waals surface area contributed by atoms with E-state index >= 15 is 0 Å². The minimum Gasteiger partial charge on any atom is -0.271 e. The summed E-state index contributed by atoms with van der Waals surface area (Å²) in [6.07, 6.45) is 0. The molecule has 1 N–H and O–H groups in total. The Labute approximate surface area is 201 Å². The Morgan fingerprint density at radius 2 is 1.50 bits per heavy atom. The predicted molar refractivity (Wildman–Crippen MR) is 129 cm³/mol. The number of hydrogen-bond acceptors (Lipinski definition) is 4. The van der Waals surface area contributed by atoms with Crippen LogP contribution in [-0.4, -0.2) is 26.6 Å². The number of anilines is 1. The number of nitrogens with one attached hydrogen (secondary N) is 1. The average Bonchev–Trinajstić information content (AvgIpc) is 2.76. The Bertz CT molecular complexity index is 1230. The standard InChI is InChI=1S/C22H18Cl3N3O3S/c1-15(16-7-9-17(23)10-8-16)26-27-22(29)14-28(20-12-18(24)11-19(25)13-20)32(30,31)21-5-3-2-4-6-21/h2-13H,14H2,1H3,(H,27,29)/b26-15-. The van der Waals surface area contributed by atoms with Crippen molar-refractivity contribution in [1.82, 2.24) is 5.43 Å². The molecule has 0 aliphatic heterocycles. The SMILES string of the molecule is C/C(=N/NC(=O)CN(c1cc(Cl)cc(Cl)c1)S(=O)(=O)c1ccccc1)c1ccc(Cl)cc1. The highest BCUT2D eigenvalue weighted by Crippen LogP contribution is 2.29. The second kappa shape index (κ2) is 10.4. The summed E-state index contributed by atoms with van der Waals surface area (Å²) in [6, 6.07) is 19.0. The molecule has 166 valence electrons. The molecule has 0 unspecified atom stereocenters. The Balaban J connectivity index is 1.89. The molecular weight excluding hydrogens is 493 g/mol. The number of benzene rings is 3. The van der Waals surface area contributed by atoms with Crippen LogP contribution in [0.1, 0.15) is 12.5 Å². The zero-order valence-corrected chi connectivity index (χ0v) is 19.9. The van der Waals surface area contributed by atoms with Crippen molar-refractivity contribution in [2.24, 2.45) is 5.10 Å². The van der Waals surface area contributed by atoms with E-state index in [1.54, 1.807) is 49.4 Å². The number of rotatable bonds is 7. The van der Waals surface area contributed by atoms with Crippen molar-refractivity contribution in [3.63, 3.8) is 0 Å². The molecular formula is C22H18Cl3N3O3S. The normalized spacial score (nSPS) is 11.8. The molecule has 0 aliphatic rings. The van der Waals surface area contributed by atoms with E-state index in [0.717, 1.165) is 9.87 Å². The van der Waals surface area contributed by atoms with Crippen molar-refractivity contribution < 1.29 is 13.2 Å². The number of nitrogens with zero attached hydrogens (tertiary/aromatic N) is 2. The summed E-state index contributed by atoms with van der Waals surface area (Å²) < 4.78 is 27.5. The third kappa shape index (κ3) is 6.01. The summed E-state index contributed by atoms with van der Waals surface area (Å²) in [4.78, 5) is 12.7. The highest BCUT2D eigenvalue weighted by Gasteiger charge is 2.27. The molecule has 0 spiro atoms. The van der Waals surface area contributed by atoms with Crippen LogP contribution >= 0.6 is 34.8 Å². The van der Waals surface area contributed by atoms with Crippen LogP contribution < -0.4 is 9.73 Å². The number of halogens is 3. The van der Waals surface area contributed by atoms with Gasteiger partial charge in [-0.2, -0.15) is 5.10 Å². The lowest BCUT2D eigenvalue weighted by atomic mass is 10.1. The lowest BCUT2D eigenvalue weighted by Crippen LogP contribution is -2.39. The van der Waals surface area contributed by atoms with Gasteiger partial charge in [0.25, 0.3) is 15.9 Å². The molecule has 0 fully saturated rings. The molecule has 3 rings (SSSR count). The summed E-state index contributed by atoms with van der Waals surface area (Å²) in [7, 11) is -4.09. The van der Waals surface area contributed by atoms with Crippen LogP contribution in [0.2, 0.25) is 15.1 Å². The van der Waals surface area contributed by atoms with Gasteiger partial charge in [-0.15, -0.1) is 0 Å². The van der Waals surface area contributed by atoms with E-state index in [9.17, 15) is 13.2 Å². The van der Waals surface area contributed by atoms with Gasteiger partial charge in [-0.3, -0.25) is 9.10 Å². The van der Waals surface area contributed by atoms with Gasteiger partial charge in [0.15, 0.2) is 0 Å². The van der Waals surface area contributed by atoms with Crippen molar-refractivity contribution in [1.29, 1.82) is 0 Å². The van der Waals surface area contributed by atoms with E-state index in [0.29, 0.717) is 10.7 Å². The second-order valence-corrected chi connectivity index (χ2v) is 9.86. The van der Waals surface area contributed by atoms with Gasteiger partial charge in [0.05, 0.1) is 16.3 Å². The number of hydrazone groups is 1. The number of carbonyl (C=O) groups is 1. The maximum atomic E-state index is 13.3. The molecule has 3 aromatic carbocycles. The summed E-state index contributed by atoms with van der Waals surface area (Å²) in [5.41, 5.74) is 3.83. The van der Waals surface area contributed by atoms with Crippen molar-refractivity contribution in [2.45, 2.75) is 11.8 Å². The monoisotopic (exact) mass is 509 g/mol. The number of sulfonamides is 1. The first-order valence-electron chi connectivity index (χ1n) is 9.30. The third-order valence-electron chi connectivity index (χ3n) is 4.36. The van der Waals surface area contributed by atoms with Gasteiger partial charge >= 0.3 is 0 Å².